The molecule has 4 nitrogen and oxygen atoms in total. The van der Waals surface area contributed by atoms with Gasteiger partial charge in [0, 0.05) is 23.2 Å². The van der Waals surface area contributed by atoms with Gasteiger partial charge in [-0.3, -0.25) is 9.71 Å². The third-order valence-electron chi connectivity index (χ3n) is 4.49. The van der Waals surface area contributed by atoms with Gasteiger partial charge in [-0.25, -0.2) is 8.42 Å². The summed E-state index contributed by atoms with van der Waals surface area (Å²) in [4.78, 5) is 4.45. The lowest BCUT2D eigenvalue weighted by molar-refractivity contribution is 0.599. The molecule has 0 radical (unpaired) electrons. The van der Waals surface area contributed by atoms with E-state index < -0.39 is 10.0 Å². The molecule has 0 saturated heterocycles. The van der Waals surface area contributed by atoms with Gasteiger partial charge < -0.3 is 0 Å². The molecule has 0 unspecified atom stereocenters. The zero-order chi connectivity index (χ0) is 17.5. The number of benzene rings is 2. The highest BCUT2D eigenvalue weighted by atomic mass is 32.2. The summed E-state index contributed by atoms with van der Waals surface area (Å²) >= 11 is 0. The molecular weight excluding hydrogens is 320 g/mol. The average Bonchev–Trinajstić information content (AvgIpc) is 2.53. The van der Waals surface area contributed by atoms with Crippen molar-refractivity contribution in [2.24, 2.45) is 0 Å². The molecule has 24 heavy (non-hydrogen) atoms. The second-order valence-corrected chi connectivity index (χ2v) is 7.72. The van der Waals surface area contributed by atoms with Gasteiger partial charge in [0.25, 0.3) is 10.0 Å². The number of pyridine rings is 1. The Kier molecular flexibility index (Phi) is 4.05. The number of nitrogens with zero attached hydrogens (tertiary/aromatic N) is 1. The van der Waals surface area contributed by atoms with Crippen LogP contribution in [0.4, 0.5) is 5.69 Å². The van der Waals surface area contributed by atoms with Crippen LogP contribution < -0.4 is 4.72 Å². The first-order chi connectivity index (χ1) is 11.3. The van der Waals surface area contributed by atoms with Crippen LogP contribution in [0.5, 0.6) is 0 Å². The summed E-state index contributed by atoms with van der Waals surface area (Å²) in [5, 5.41) is 1.72. The van der Waals surface area contributed by atoms with Gasteiger partial charge in [0.15, 0.2) is 0 Å². The smallest absolute Gasteiger partial charge is 0.262 e. The predicted molar refractivity (Wildman–Crippen MR) is 97.9 cm³/mol. The first-order valence-electron chi connectivity index (χ1n) is 7.74. The van der Waals surface area contributed by atoms with Crippen LogP contribution in [-0.4, -0.2) is 13.4 Å². The van der Waals surface area contributed by atoms with E-state index in [9.17, 15) is 8.42 Å². The molecule has 0 aliphatic rings. The van der Waals surface area contributed by atoms with E-state index in [4.69, 9.17) is 0 Å². The third kappa shape index (κ3) is 2.76. The van der Waals surface area contributed by atoms with Gasteiger partial charge in [0.1, 0.15) is 0 Å². The van der Waals surface area contributed by atoms with E-state index in [1.165, 1.54) is 0 Å². The minimum atomic E-state index is -3.68. The maximum Gasteiger partial charge on any atom is 0.262 e. The van der Waals surface area contributed by atoms with E-state index in [0.717, 1.165) is 33.0 Å². The maximum atomic E-state index is 13.1. The fourth-order valence-electron chi connectivity index (χ4n) is 2.99. The summed E-state index contributed by atoms with van der Waals surface area (Å²) in [6.45, 7) is 7.57. The second-order valence-electron chi connectivity index (χ2n) is 6.10. The Bertz CT molecular complexity index is 1010. The molecule has 0 aliphatic heterocycles. The highest BCUT2D eigenvalue weighted by Crippen LogP contribution is 2.30. The van der Waals surface area contributed by atoms with E-state index in [0.29, 0.717) is 10.6 Å². The molecule has 0 atom stereocenters. The van der Waals surface area contributed by atoms with Crippen LogP contribution in [0.2, 0.25) is 0 Å². The van der Waals surface area contributed by atoms with Gasteiger partial charge in [0.05, 0.1) is 10.6 Å². The van der Waals surface area contributed by atoms with E-state index in [-0.39, 0.29) is 0 Å². The second kappa shape index (κ2) is 5.91. The zero-order valence-electron chi connectivity index (χ0n) is 14.2. The highest BCUT2D eigenvalue weighted by Gasteiger charge is 2.22. The zero-order valence-corrected chi connectivity index (χ0v) is 15.0. The van der Waals surface area contributed by atoms with Crippen LogP contribution in [0.15, 0.2) is 47.6 Å². The van der Waals surface area contributed by atoms with Crippen LogP contribution in [0.25, 0.3) is 10.8 Å². The first kappa shape index (κ1) is 16.5. The number of hydrogen-bond donors (Lipinski definition) is 1. The lowest BCUT2D eigenvalue weighted by atomic mass is 10.0. The Morgan fingerprint density at radius 1 is 0.958 bits per heavy atom. The predicted octanol–water partition coefficient (Wildman–Crippen LogP) is 4.27. The van der Waals surface area contributed by atoms with Crippen molar-refractivity contribution in [3.8, 4) is 0 Å². The molecule has 0 fully saturated rings. The Morgan fingerprint density at radius 3 is 2.29 bits per heavy atom. The van der Waals surface area contributed by atoms with Gasteiger partial charge in [-0.1, -0.05) is 18.2 Å². The fraction of sp³-hybridized carbons (Fsp3) is 0.211. The summed E-state index contributed by atoms with van der Waals surface area (Å²) in [7, 11) is -3.68. The van der Waals surface area contributed by atoms with Crippen molar-refractivity contribution < 1.29 is 8.42 Å². The van der Waals surface area contributed by atoms with Crippen molar-refractivity contribution in [3.63, 3.8) is 0 Å². The lowest BCUT2D eigenvalue weighted by Gasteiger charge is -2.17. The molecule has 3 aromatic rings. The van der Waals surface area contributed by atoms with Crippen molar-refractivity contribution in [1.82, 2.24) is 4.98 Å². The maximum absolute atomic E-state index is 13.1. The molecular formula is C19H20N2O2S. The van der Waals surface area contributed by atoms with Crippen molar-refractivity contribution in [2.45, 2.75) is 32.6 Å². The number of rotatable bonds is 3. The van der Waals surface area contributed by atoms with Crippen LogP contribution >= 0.6 is 0 Å². The van der Waals surface area contributed by atoms with Gasteiger partial charge in [-0.2, -0.15) is 0 Å². The third-order valence-corrected chi connectivity index (χ3v) is 6.13. The Hall–Kier alpha value is -2.40. The standard InChI is InChI=1S/C19H20N2O2S/c1-12-10-13(2)15(4)19(14(12)3)24(22,23)21-18-7-5-6-16-11-20-9-8-17(16)18/h5-11,21H,1-4H3. The fourth-order valence-corrected chi connectivity index (χ4v) is 4.69. The summed E-state index contributed by atoms with van der Waals surface area (Å²) < 4.78 is 28.9. The van der Waals surface area contributed by atoms with Gasteiger partial charge in [-0.15, -0.1) is 0 Å². The highest BCUT2D eigenvalue weighted by molar-refractivity contribution is 7.92. The summed E-state index contributed by atoms with van der Waals surface area (Å²) in [5.41, 5.74) is 4.08. The topological polar surface area (TPSA) is 59.1 Å². The first-order valence-corrected chi connectivity index (χ1v) is 9.22. The quantitative estimate of drug-likeness (QED) is 0.774. The van der Waals surface area contributed by atoms with E-state index in [1.807, 2.05) is 52.0 Å². The van der Waals surface area contributed by atoms with E-state index in [1.54, 1.807) is 18.5 Å². The summed E-state index contributed by atoms with van der Waals surface area (Å²) in [5.74, 6) is 0. The molecule has 124 valence electrons. The Morgan fingerprint density at radius 2 is 1.62 bits per heavy atom. The molecule has 3 rings (SSSR count). The lowest BCUT2D eigenvalue weighted by Crippen LogP contribution is -2.17. The molecule has 0 saturated carbocycles. The SMILES string of the molecule is Cc1cc(C)c(C)c(S(=O)(=O)Nc2cccc3cnccc23)c1C. The van der Waals surface area contributed by atoms with Crippen molar-refractivity contribution >= 4 is 26.5 Å². The monoisotopic (exact) mass is 340 g/mol. The summed E-state index contributed by atoms with van der Waals surface area (Å²) in [6, 6.07) is 9.34. The van der Waals surface area contributed by atoms with E-state index >= 15 is 0 Å². The number of fused-ring (bicyclic) bond motifs is 1. The number of anilines is 1. The van der Waals surface area contributed by atoms with Crippen LogP contribution in [0.3, 0.4) is 0 Å². The number of aryl methyl sites for hydroxylation is 2. The van der Waals surface area contributed by atoms with Gasteiger partial charge in [-0.05, 0) is 62.1 Å². The minimum Gasteiger partial charge on any atom is -0.279 e. The molecule has 0 amide bonds. The molecule has 0 aliphatic carbocycles. The molecule has 1 aromatic heterocycles. The Balaban J connectivity index is 2.16. The number of hydrogen-bond acceptors (Lipinski definition) is 3. The van der Waals surface area contributed by atoms with Crippen molar-refractivity contribution in [3.05, 3.63) is 65.0 Å². The largest absolute Gasteiger partial charge is 0.279 e. The number of aromatic nitrogens is 1. The summed E-state index contributed by atoms with van der Waals surface area (Å²) in [6.07, 6.45) is 3.38. The van der Waals surface area contributed by atoms with Gasteiger partial charge >= 0.3 is 0 Å². The molecule has 0 spiro atoms. The molecule has 1 heterocycles. The van der Waals surface area contributed by atoms with Gasteiger partial charge in [0.2, 0.25) is 0 Å². The average molecular weight is 340 g/mol. The molecule has 0 bridgehead atoms. The minimum absolute atomic E-state index is 0.367. The normalized spacial score (nSPS) is 11.7. The van der Waals surface area contributed by atoms with Crippen molar-refractivity contribution in [1.29, 1.82) is 0 Å². The van der Waals surface area contributed by atoms with Crippen LogP contribution in [0.1, 0.15) is 22.3 Å². The molecule has 2 aromatic carbocycles. The molecule has 1 N–H and O–H groups in total. The number of nitrogens with one attached hydrogen (secondary N) is 1. The molecule has 5 heteroatoms. The van der Waals surface area contributed by atoms with Crippen LogP contribution in [0, 0.1) is 27.7 Å². The van der Waals surface area contributed by atoms with Crippen LogP contribution in [-0.2, 0) is 10.0 Å². The Labute approximate surface area is 142 Å². The number of sulfonamides is 1. The van der Waals surface area contributed by atoms with Crippen molar-refractivity contribution in [2.75, 3.05) is 4.72 Å². The van der Waals surface area contributed by atoms with E-state index in [2.05, 4.69) is 9.71 Å².